The van der Waals surface area contributed by atoms with Crippen LogP contribution in [0.25, 0.3) is 0 Å². The zero-order valence-electron chi connectivity index (χ0n) is 16.8. The fraction of sp³-hybridized carbons (Fsp3) is 0.0870. The van der Waals surface area contributed by atoms with Crippen molar-refractivity contribution in [3.63, 3.8) is 0 Å². The number of rotatable bonds is 4. The van der Waals surface area contributed by atoms with Gasteiger partial charge >= 0.3 is 0 Å². The fourth-order valence-corrected chi connectivity index (χ4v) is 4.59. The number of carbonyl (C=O) groups is 2. The van der Waals surface area contributed by atoms with Crippen LogP contribution in [0.15, 0.2) is 77.9 Å². The van der Waals surface area contributed by atoms with Gasteiger partial charge in [-0.25, -0.2) is 4.90 Å². The molecule has 0 N–H and O–H groups in total. The molecular weight excluding hydrogens is 467 g/mol. The molecule has 0 aromatic heterocycles. The second kappa shape index (κ2) is 7.99. The Morgan fingerprint density at radius 3 is 2.24 bits per heavy atom. The first-order valence-corrected chi connectivity index (χ1v) is 10.6. The molecule has 0 spiro atoms. The Balaban J connectivity index is 1.62. The lowest BCUT2D eigenvalue weighted by molar-refractivity contribution is -0.384. The molecule has 33 heavy (non-hydrogen) atoms. The summed E-state index contributed by atoms with van der Waals surface area (Å²) in [4.78, 5) is 38.7. The highest BCUT2D eigenvalue weighted by molar-refractivity contribution is 6.40. The maximum atomic E-state index is 13.6. The van der Waals surface area contributed by atoms with Crippen LogP contribution in [0.3, 0.4) is 0 Å². The van der Waals surface area contributed by atoms with E-state index in [1.807, 2.05) is 6.07 Å². The Labute approximate surface area is 197 Å². The standard InChI is InChI=1S/C23H14Cl2N4O4/c24-14-8-11-18(17(25)12-14)27-22(30)19-20(13-6-9-16(10-7-13)29(32)33)26-28(21(19)23(27)31)15-4-2-1-3-5-15/h1-12,19,21H/t19-,21+/m1/s1. The topological polar surface area (TPSA) is 96.1 Å². The molecule has 10 heteroatoms. The molecule has 8 nitrogen and oxygen atoms in total. The van der Waals surface area contributed by atoms with E-state index in [-0.39, 0.29) is 16.4 Å². The maximum Gasteiger partial charge on any atom is 0.269 e. The lowest BCUT2D eigenvalue weighted by Gasteiger charge is -2.22. The second-order valence-electron chi connectivity index (χ2n) is 7.50. The average Bonchev–Trinajstić information content (AvgIpc) is 3.32. The Bertz CT molecular complexity index is 1330. The van der Waals surface area contributed by atoms with Crippen molar-refractivity contribution in [3.8, 4) is 0 Å². The first kappa shape index (κ1) is 21.1. The van der Waals surface area contributed by atoms with E-state index in [2.05, 4.69) is 5.10 Å². The summed E-state index contributed by atoms with van der Waals surface area (Å²) in [5, 5.41) is 17.7. The predicted octanol–water partition coefficient (Wildman–Crippen LogP) is 4.68. The number of fused-ring (bicyclic) bond motifs is 1. The lowest BCUT2D eigenvalue weighted by Crippen LogP contribution is -2.39. The van der Waals surface area contributed by atoms with Gasteiger partial charge in [0.15, 0.2) is 0 Å². The van der Waals surface area contributed by atoms with Gasteiger partial charge in [-0.05, 0) is 48.0 Å². The van der Waals surface area contributed by atoms with E-state index < -0.39 is 28.7 Å². The molecule has 3 aromatic rings. The molecule has 0 unspecified atom stereocenters. The normalized spacial score (nSPS) is 19.6. The third kappa shape index (κ3) is 3.44. The summed E-state index contributed by atoms with van der Waals surface area (Å²) in [5.74, 6) is -1.87. The summed E-state index contributed by atoms with van der Waals surface area (Å²) in [6.07, 6.45) is 0. The average molecular weight is 481 g/mol. The van der Waals surface area contributed by atoms with Crippen molar-refractivity contribution in [2.45, 2.75) is 6.04 Å². The van der Waals surface area contributed by atoms with Gasteiger partial charge < -0.3 is 0 Å². The number of carbonyl (C=O) groups excluding carboxylic acids is 2. The summed E-state index contributed by atoms with van der Waals surface area (Å²) in [5.41, 5.74) is 1.65. The number of nitrogens with zero attached hydrogens (tertiary/aromatic N) is 4. The number of nitro groups is 1. The molecule has 164 valence electrons. The molecule has 2 atom stereocenters. The van der Waals surface area contributed by atoms with E-state index >= 15 is 0 Å². The van der Waals surface area contributed by atoms with Crippen molar-refractivity contribution in [2.24, 2.45) is 11.0 Å². The van der Waals surface area contributed by atoms with Crippen molar-refractivity contribution in [2.75, 3.05) is 9.91 Å². The van der Waals surface area contributed by atoms with Gasteiger partial charge in [0.1, 0.15) is 12.0 Å². The monoisotopic (exact) mass is 480 g/mol. The highest BCUT2D eigenvalue weighted by atomic mass is 35.5. The number of hydrogen-bond donors (Lipinski definition) is 0. The highest BCUT2D eigenvalue weighted by Gasteiger charge is 2.57. The van der Waals surface area contributed by atoms with Crippen LogP contribution in [0.4, 0.5) is 17.1 Å². The van der Waals surface area contributed by atoms with Crippen molar-refractivity contribution in [1.29, 1.82) is 0 Å². The molecule has 1 saturated heterocycles. The summed E-state index contributed by atoms with van der Waals surface area (Å²) in [7, 11) is 0. The zero-order chi connectivity index (χ0) is 23.3. The number of benzene rings is 3. The number of non-ortho nitro benzene ring substituents is 1. The Hall–Kier alpha value is -3.75. The van der Waals surface area contributed by atoms with Crippen LogP contribution in [0.2, 0.25) is 10.0 Å². The summed E-state index contributed by atoms with van der Waals surface area (Å²) in [6.45, 7) is 0. The van der Waals surface area contributed by atoms with E-state index in [9.17, 15) is 19.7 Å². The fourth-order valence-electron chi connectivity index (χ4n) is 4.10. The summed E-state index contributed by atoms with van der Waals surface area (Å²) < 4.78 is 0. The van der Waals surface area contributed by atoms with Gasteiger partial charge in [0.25, 0.3) is 11.6 Å². The predicted molar refractivity (Wildman–Crippen MR) is 125 cm³/mol. The number of nitro benzene ring substituents is 1. The SMILES string of the molecule is O=C1[C@@H]2C(c3ccc([N+](=O)[O-])cc3)=NN(c3ccccc3)[C@@H]2C(=O)N1c1ccc(Cl)cc1Cl. The summed E-state index contributed by atoms with van der Waals surface area (Å²) in [6, 6.07) is 18.4. The van der Waals surface area contributed by atoms with Crippen LogP contribution in [-0.2, 0) is 9.59 Å². The smallest absolute Gasteiger partial charge is 0.269 e. The van der Waals surface area contributed by atoms with E-state index in [1.54, 1.807) is 30.3 Å². The van der Waals surface area contributed by atoms with Crippen LogP contribution in [0, 0.1) is 16.0 Å². The van der Waals surface area contributed by atoms with E-state index in [0.29, 0.717) is 22.0 Å². The molecule has 2 aliphatic rings. The number of halogens is 2. The minimum Gasteiger partial charge on any atom is -0.273 e. The van der Waals surface area contributed by atoms with Crippen LogP contribution < -0.4 is 9.91 Å². The third-order valence-electron chi connectivity index (χ3n) is 5.59. The molecule has 2 amide bonds. The van der Waals surface area contributed by atoms with Crippen molar-refractivity contribution in [3.05, 3.63) is 98.5 Å². The number of imide groups is 1. The molecule has 0 bridgehead atoms. The molecule has 2 heterocycles. The first-order valence-electron chi connectivity index (χ1n) is 9.87. The van der Waals surface area contributed by atoms with Gasteiger partial charge in [-0.2, -0.15) is 5.10 Å². The Morgan fingerprint density at radius 2 is 1.61 bits per heavy atom. The zero-order valence-corrected chi connectivity index (χ0v) is 18.3. The minimum atomic E-state index is -0.920. The number of hydrazone groups is 1. The van der Waals surface area contributed by atoms with Gasteiger partial charge in [-0.1, -0.05) is 41.4 Å². The van der Waals surface area contributed by atoms with Gasteiger partial charge in [0, 0.05) is 17.2 Å². The largest absolute Gasteiger partial charge is 0.273 e. The second-order valence-corrected chi connectivity index (χ2v) is 8.34. The highest BCUT2D eigenvalue weighted by Crippen LogP contribution is 2.41. The number of hydrogen-bond acceptors (Lipinski definition) is 6. The number of anilines is 2. The van der Waals surface area contributed by atoms with Gasteiger partial charge in [-0.15, -0.1) is 0 Å². The van der Waals surface area contributed by atoms with Gasteiger partial charge in [0.2, 0.25) is 5.91 Å². The van der Waals surface area contributed by atoms with Crippen molar-refractivity contribution >= 4 is 57.8 Å². The van der Waals surface area contributed by atoms with Gasteiger partial charge in [0.05, 0.1) is 27.0 Å². The lowest BCUT2D eigenvalue weighted by atomic mass is 9.92. The number of amides is 2. The molecule has 1 fully saturated rings. The minimum absolute atomic E-state index is 0.0859. The molecule has 3 aromatic carbocycles. The Morgan fingerprint density at radius 1 is 0.909 bits per heavy atom. The van der Waals surface area contributed by atoms with Crippen LogP contribution in [0.1, 0.15) is 5.56 Å². The molecule has 0 aliphatic carbocycles. The van der Waals surface area contributed by atoms with Crippen LogP contribution in [0.5, 0.6) is 0 Å². The first-order chi connectivity index (χ1) is 15.9. The third-order valence-corrected chi connectivity index (χ3v) is 6.13. The molecule has 5 rings (SSSR count). The van der Waals surface area contributed by atoms with E-state index in [0.717, 1.165) is 4.90 Å². The van der Waals surface area contributed by atoms with Crippen molar-refractivity contribution < 1.29 is 14.5 Å². The Kier molecular flexibility index (Phi) is 5.11. The van der Waals surface area contributed by atoms with E-state index in [4.69, 9.17) is 23.2 Å². The molecular formula is C23H14Cl2N4O4. The quantitative estimate of drug-likeness (QED) is 0.306. The van der Waals surface area contributed by atoms with Crippen LogP contribution in [-0.4, -0.2) is 28.5 Å². The molecule has 0 saturated carbocycles. The van der Waals surface area contributed by atoms with Gasteiger partial charge in [-0.3, -0.25) is 24.7 Å². The van der Waals surface area contributed by atoms with E-state index in [1.165, 1.54) is 41.4 Å². The van der Waals surface area contributed by atoms with Crippen LogP contribution >= 0.6 is 23.2 Å². The number of para-hydroxylation sites is 1. The molecule has 2 aliphatic heterocycles. The summed E-state index contributed by atoms with van der Waals surface area (Å²) >= 11 is 12.3. The maximum absolute atomic E-state index is 13.6. The van der Waals surface area contributed by atoms with Crippen molar-refractivity contribution in [1.82, 2.24) is 0 Å². The molecule has 0 radical (unpaired) electrons.